The SMILES string of the molecule is CCCCCC/C=C\C/C=C\CCCCCCCC(=O)OC(COC(=O)CCCCCCCCCCC)COC(=O)CCCCCCCCCCCCCCCCCCCCCCCCC/C=C\CCCCCCCCCC. The topological polar surface area (TPSA) is 78.9 Å². The smallest absolute Gasteiger partial charge is 0.306 e. The van der Waals surface area contributed by atoms with E-state index in [9.17, 15) is 14.4 Å². The van der Waals surface area contributed by atoms with Crippen LogP contribution in [0.1, 0.15) is 387 Å². The van der Waals surface area contributed by atoms with E-state index < -0.39 is 6.10 Å². The number of hydrogen-bond acceptors (Lipinski definition) is 6. The van der Waals surface area contributed by atoms with Crippen molar-refractivity contribution >= 4 is 17.9 Å². The molecule has 0 radical (unpaired) electrons. The highest BCUT2D eigenvalue weighted by atomic mass is 16.6. The Labute approximate surface area is 486 Å². The van der Waals surface area contributed by atoms with Crippen molar-refractivity contribution < 1.29 is 28.6 Å². The Bertz CT molecular complexity index is 1300. The van der Waals surface area contributed by atoms with E-state index in [4.69, 9.17) is 14.2 Å². The zero-order valence-corrected chi connectivity index (χ0v) is 52.7. The number of hydrogen-bond donors (Lipinski definition) is 0. The molecule has 1 atom stereocenters. The van der Waals surface area contributed by atoms with Gasteiger partial charge in [-0.25, -0.2) is 0 Å². The Morgan fingerprint density at radius 1 is 0.256 bits per heavy atom. The van der Waals surface area contributed by atoms with Crippen molar-refractivity contribution in [3.63, 3.8) is 0 Å². The van der Waals surface area contributed by atoms with Crippen LogP contribution < -0.4 is 0 Å². The molecule has 6 nitrogen and oxygen atoms in total. The molecule has 0 aromatic carbocycles. The minimum atomic E-state index is -0.775. The molecule has 6 heteroatoms. The summed E-state index contributed by atoms with van der Waals surface area (Å²) in [4.78, 5) is 38.2. The summed E-state index contributed by atoms with van der Waals surface area (Å²) in [5.74, 6) is -0.867. The van der Waals surface area contributed by atoms with Gasteiger partial charge in [-0.3, -0.25) is 14.4 Å². The standard InChI is InChI=1S/C72H134O6/c1-4-7-10-13-16-19-21-23-25-27-28-29-30-31-32-33-34-35-36-37-38-39-40-41-42-43-44-45-47-48-50-53-56-59-62-65-71(74)77-68-69(67-76-70(73)64-61-58-55-52-18-15-12-9-6-3)78-72(75)66-63-60-57-54-51-49-46-26-24-22-20-17-14-11-8-5-2/h20,22,26-28,46,69H,4-19,21,23-25,29-45,47-68H2,1-3H3/b22-20-,28-27-,46-26-. The Hall–Kier alpha value is -2.37. The summed E-state index contributed by atoms with van der Waals surface area (Å²) in [6, 6.07) is 0. The van der Waals surface area contributed by atoms with E-state index >= 15 is 0 Å². The Kier molecular flexibility index (Phi) is 65.1. The maximum Gasteiger partial charge on any atom is 0.306 e. The highest BCUT2D eigenvalue weighted by Gasteiger charge is 2.19. The molecule has 0 aromatic heterocycles. The van der Waals surface area contributed by atoms with Crippen LogP contribution in [-0.2, 0) is 28.6 Å². The van der Waals surface area contributed by atoms with Crippen LogP contribution >= 0.6 is 0 Å². The fraction of sp³-hybridized carbons (Fsp3) is 0.875. The summed E-state index contributed by atoms with van der Waals surface area (Å²) < 4.78 is 16.9. The van der Waals surface area contributed by atoms with Gasteiger partial charge >= 0.3 is 17.9 Å². The summed E-state index contributed by atoms with van der Waals surface area (Å²) in [6.45, 7) is 6.65. The van der Waals surface area contributed by atoms with Crippen LogP contribution in [0.25, 0.3) is 0 Å². The lowest BCUT2D eigenvalue weighted by atomic mass is 10.0. The number of carbonyl (C=O) groups is 3. The first-order chi connectivity index (χ1) is 38.5. The summed E-state index contributed by atoms with van der Waals surface area (Å²) in [5, 5.41) is 0. The molecule has 0 saturated heterocycles. The first-order valence-corrected chi connectivity index (χ1v) is 35.0. The van der Waals surface area contributed by atoms with E-state index in [1.54, 1.807) is 0 Å². The second kappa shape index (κ2) is 67.1. The quantitative estimate of drug-likeness (QED) is 0.0261. The Morgan fingerprint density at radius 3 is 0.731 bits per heavy atom. The Balaban J connectivity index is 3.98. The van der Waals surface area contributed by atoms with Crippen molar-refractivity contribution in [2.24, 2.45) is 0 Å². The lowest BCUT2D eigenvalue weighted by Gasteiger charge is -2.18. The van der Waals surface area contributed by atoms with Gasteiger partial charge in [0.1, 0.15) is 13.2 Å². The van der Waals surface area contributed by atoms with Crippen LogP contribution in [0, 0.1) is 0 Å². The molecule has 0 aliphatic carbocycles. The highest BCUT2D eigenvalue weighted by molar-refractivity contribution is 5.71. The Morgan fingerprint density at radius 2 is 0.462 bits per heavy atom. The molecular weight excluding hydrogens is 961 g/mol. The number of esters is 3. The van der Waals surface area contributed by atoms with Gasteiger partial charge in [-0.1, -0.05) is 327 Å². The van der Waals surface area contributed by atoms with E-state index in [0.29, 0.717) is 19.3 Å². The molecule has 0 N–H and O–H groups in total. The van der Waals surface area contributed by atoms with Gasteiger partial charge in [0, 0.05) is 19.3 Å². The van der Waals surface area contributed by atoms with E-state index in [1.807, 2.05) is 0 Å². The van der Waals surface area contributed by atoms with Gasteiger partial charge in [-0.15, -0.1) is 0 Å². The summed E-state index contributed by atoms with van der Waals surface area (Å²) in [7, 11) is 0. The van der Waals surface area contributed by atoms with Crippen LogP contribution in [0.2, 0.25) is 0 Å². The monoisotopic (exact) mass is 1100 g/mol. The van der Waals surface area contributed by atoms with Gasteiger partial charge in [-0.05, 0) is 77.0 Å². The predicted molar refractivity (Wildman–Crippen MR) is 339 cm³/mol. The normalized spacial score (nSPS) is 12.2. The molecule has 0 spiro atoms. The lowest BCUT2D eigenvalue weighted by Crippen LogP contribution is -2.30. The van der Waals surface area contributed by atoms with E-state index in [1.165, 1.54) is 270 Å². The maximum atomic E-state index is 12.9. The molecule has 0 heterocycles. The second-order valence-corrected chi connectivity index (χ2v) is 23.8. The van der Waals surface area contributed by atoms with E-state index in [0.717, 1.165) is 77.0 Å². The molecule has 0 rings (SSSR count). The largest absolute Gasteiger partial charge is 0.462 e. The summed E-state index contributed by atoms with van der Waals surface area (Å²) in [6.07, 6.45) is 83.5. The van der Waals surface area contributed by atoms with Crippen molar-refractivity contribution in [1.82, 2.24) is 0 Å². The first-order valence-electron chi connectivity index (χ1n) is 35.0. The van der Waals surface area contributed by atoms with Crippen LogP contribution in [0.5, 0.6) is 0 Å². The number of ether oxygens (including phenoxy) is 3. The van der Waals surface area contributed by atoms with Crippen molar-refractivity contribution in [2.45, 2.75) is 393 Å². The molecule has 0 fully saturated rings. The number of allylic oxidation sites excluding steroid dienone is 6. The molecule has 0 bridgehead atoms. The lowest BCUT2D eigenvalue weighted by molar-refractivity contribution is -0.167. The van der Waals surface area contributed by atoms with Crippen LogP contribution in [0.15, 0.2) is 36.5 Å². The van der Waals surface area contributed by atoms with Crippen molar-refractivity contribution in [1.29, 1.82) is 0 Å². The second-order valence-electron chi connectivity index (χ2n) is 23.8. The zero-order chi connectivity index (χ0) is 56.4. The van der Waals surface area contributed by atoms with Crippen molar-refractivity contribution in [3.05, 3.63) is 36.5 Å². The number of unbranched alkanes of at least 4 members (excludes halogenated alkanes) is 48. The average Bonchev–Trinajstić information content (AvgIpc) is 3.44. The maximum absolute atomic E-state index is 12.9. The third-order valence-corrected chi connectivity index (χ3v) is 15.9. The van der Waals surface area contributed by atoms with Crippen molar-refractivity contribution in [2.75, 3.05) is 13.2 Å². The van der Waals surface area contributed by atoms with Crippen LogP contribution in [0.3, 0.4) is 0 Å². The highest BCUT2D eigenvalue weighted by Crippen LogP contribution is 2.18. The molecular formula is C72H134O6. The predicted octanol–water partition coefficient (Wildman–Crippen LogP) is 23.9. The third-order valence-electron chi connectivity index (χ3n) is 15.9. The van der Waals surface area contributed by atoms with Crippen LogP contribution in [-0.4, -0.2) is 37.2 Å². The van der Waals surface area contributed by atoms with Gasteiger partial charge in [0.15, 0.2) is 6.10 Å². The van der Waals surface area contributed by atoms with Gasteiger partial charge in [0.05, 0.1) is 0 Å². The number of carbonyl (C=O) groups excluding carboxylic acids is 3. The molecule has 1 unspecified atom stereocenters. The van der Waals surface area contributed by atoms with Gasteiger partial charge in [0.25, 0.3) is 0 Å². The average molecular weight is 1100 g/mol. The molecule has 0 amide bonds. The fourth-order valence-electron chi connectivity index (χ4n) is 10.6. The zero-order valence-electron chi connectivity index (χ0n) is 52.7. The van der Waals surface area contributed by atoms with Crippen molar-refractivity contribution in [3.8, 4) is 0 Å². The van der Waals surface area contributed by atoms with Gasteiger partial charge in [0.2, 0.25) is 0 Å². The minimum absolute atomic E-state index is 0.0727. The minimum Gasteiger partial charge on any atom is -0.462 e. The number of rotatable bonds is 65. The molecule has 0 aliphatic heterocycles. The molecule has 0 saturated carbocycles. The molecule has 78 heavy (non-hydrogen) atoms. The van der Waals surface area contributed by atoms with Crippen LogP contribution in [0.4, 0.5) is 0 Å². The molecule has 458 valence electrons. The van der Waals surface area contributed by atoms with E-state index in [2.05, 4.69) is 57.2 Å². The molecule has 0 aliphatic rings. The van der Waals surface area contributed by atoms with Gasteiger partial charge < -0.3 is 14.2 Å². The summed E-state index contributed by atoms with van der Waals surface area (Å²) >= 11 is 0. The van der Waals surface area contributed by atoms with E-state index in [-0.39, 0.29) is 31.1 Å². The third kappa shape index (κ3) is 64.5. The van der Waals surface area contributed by atoms with Gasteiger partial charge in [-0.2, -0.15) is 0 Å². The molecule has 0 aromatic rings. The first kappa shape index (κ1) is 75.6. The summed E-state index contributed by atoms with van der Waals surface area (Å²) in [5.41, 5.74) is 0. The fourth-order valence-corrected chi connectivity index (χ4v) is 10.6.